The van der Waals surface area contributed by atoms with Crippen molar-refractivity contribution in [2.24, 2.45) is 11.7 Å². The largest absolute Gasteiger partial charge is 0.330 e. The molecular weight excluding hydrogens is 324 g/mol. The molecule has 1 aromatic heterocycles. The van der Waals surface area contributed by atoms with Crippen molar-refractivity contribution in [2.45, 2.75) is 43.2 Å². The van der Waals surface area contributed by atoms with Gasteiger partial charge in [0.05, 0.1) is 12.7 Å². The quantitative estimate of drug-likeness (QED) is 0.832. The van der Waals surface area contributed by atoms with Gasteiger partial charge in [0.15, 0.2) is 0 Å². The molecule has 130 valence electrons. The van der Waals surface area contributed by atoms with Gasteiger partial charge in [0.25, 0.3) is 0 Å². The Kier molecular flexibility index (Phi) is 5.33. The van der Waals surface area contributed by atoms with Crippen LogP contribution in [0.3, 0.4) is 0 Å². The SMILES string of the molecule is NC[C@H]1CCCC[C@@H]1NS(=O)(=O)c1cnn(Cc2ccccc2)c1. The van der Waals surface area contributed by atoms with E-state index in [4.69, 9.17) is 5.73 Å². The number of sulfonamides is 1. The summed E-state index contributed by atoms with van der Waals surface area (Å²) in [6.45, 7) is 1.06. The Morgan fingerprint density at radius 2 is 1.96 bits per heavy atom. The Labute approximate surface area is 143 Å². The van der Waals surface area contributed by atoms with Crippen LogP contribution in [-0.2, 0) is 16.6 Å². The van der Waals surface area contributed by atoms with Gasteiger partial charge in [0.2, 0.25) is 10.0 Å². The lowest BCUT2D eigenvalue weighted by atomic mass is 9.85. The summed E-state index contributed by atoms with van der Waals surface area (Å²) in [4.78, 5) is 0.208. The third-order valence-corrected chi connectivity index (χ3v) is 6.07. The number of nitrogens with one attached hydrogen (secondary N) is 1. The zero-order valence-electron chi connectivity index (χ0n) is 13.6. The Bertz CT molecular complexity index is 758. The van der Waals surface area contributed by atoms with Crippen molar-refractivity contribution in [2.75, 3.05) is 6.54 Å². The first-order valence-corrected chi connectivity index (χ1v) is 9.85. The maximum absolute atomic E-state index is 12.6. The van der Waals surface area contributed by atoms with E-state index < -0.39 is 10.0 Å². The summed E-state index contributed by atoms with van der Waals surface area (Å²) >= 11 is 0. The normalized spacial score (nSPS) is 21.7. The highest BCUT2D eigenvalue weighted by molar-refractivity contribution is 7.89. The highest BCUT2D eigenvalue weighted by Crippen LogP contribution is 2.25. The van der Waals surface area contributed by atoms with Gasteiger partial charge in [0.1, 0.15) is 4.90 Å². The van der Waals surface area contributed by atoms with E-state index in [0.29, 0.717) is 13.1 Å². The Morgan fingerprint density at radius 3 is 2.71 bits per heavy atom. The van der Waals surface area contributed by atoms with Gasteiger partial charge < -0.3 is 5.73 Å². The average Bonchev–Trinajstić information content (AvgIpc) is 3.05. The molecule has 6 nitrogen and oxygen atoms in total. The van der Waals surface area contributed by atoms with Gasteiger partial charge in [-0.25, -0.2) is 13.1 Å². The molecular formula is C17H24N4O2S. The van der Waals surface area contributed by atoms with Crippen molar-refractivity contribution in [1.82, 2.24) is 14.5 Å². The van der Waals surface area contributed by atoms with E-state index in [1.165, 1.54) is 6.20 Å². The molecule has 3 rings (SSSR count). The predicted octanol–water partition coefficient (Wildman–Crippen LogP) is 1.73. The molecule has 0 amide bonds. The number of rotatable bonds is 6. The second kappa shape index (κ2) is 7.46. The Morgan fingerprint density at radius 1 is 1.21 bits per heavy atom. The summed E-state index contributed by atoms with van der Waals surface area (Å²) < 4.78 is 29.7. The number of aromatic nitrogens is 2. The summed E-state index contributed by atoms with van der Waals surface area (Å²) in [5, 5.41) is 4.18. The van der Waals surface area contributed by atoms with Crippen LogP contribution in [0.4, 0.5) is 0 Å². The lowest BCUT2D eigenvalue weighted by Crippen LogP contribution is -2.44. The van der Waals surface area contributed by atoms with E-state index >= 15 is 0 Å². The molecule has 1 aliphatic carbocycles. The minimum absolute atomic E-state index is 0.0776. The topological polar surface area (TPSA) is 90.0 Å². The smallest absolute Gasteiger partial charge is 0.243 e. The van der Waals surface area contributed by atoms with E-state index in [9.17, 15) is 8.42 Å². The van der Waals surface area contributed by atoms with Crippen LogP contribution >= 0.6 is 0 Å². The molecule has 1 fully saturated rings. The van der Waals surface area contributed by atoms with Crippen LogP contribution in [0.2, 0.25) is 0 Å². The second-order valence-electron chi connectivity index (χ2n) is 6.37. The summed E-state index contributed by atoms with van der Waals surface area (Å²) in [5.74, 6) is 0.216. The monoisotopic (exact) mass is 348 g/mol. The van der Waals surface area contributed by atoms with Crippen LogP contribution in [-0.4, -0.2) is 30.8 Å². The lowest BCUT2D eigenvalue weighted by molar-refractivity contribution is 0.296. The van der Waals surface area contributed by atoms with Crippen molar-refractivity contribution < 1.29 is 8.42 Å². The van der Waals surface area contributed by atoms with Crippen molar-refractivity contribution in [3.63, 3.8) is 0 Å². The second-order valence-corrected chi connectivity index (χ2v) is 8.08. The zero-order valence-corrected chi connectivity index (χ0v) is 14.5. The van der Waals surface area contributed by atoms with E-state index in [1.807, 2.05) is 30.3 Å². The van der Waals surface area contributed by atoms with Crippen molar-refractivity contribution in [3.8, 4) is 0 Å². The fraction of sp³-hybridized carbons (Fsp3) is 0.471. The molecule has 2 atom stereocenters. The number of hydrogen-bond acceptors (Lipinski definition) is 4. The highest BCUT2D eigenvalue weighted by atomic mass is 32.2. The number of nitrogens with zero attached hydrogens (tertiary/aromatic N) is 2. The van der Waals surface area contributed by atoms with Crippen LogP contribution in [0.15, 0.2) is 47.6 Å². The summed E-state index contributed by atoms with van der Waals surface area (Å²) in [6.07, 6.45) is 6.98. The first-order valence-electron chi connectivity index (χ1n) is 8.37. The Hall–Kier alpha value is -1.70. The lowest BCUT2D eigenvalue weighted by Gasteiger charge is -2.30. The molecule has 0 saturated heterocycles. The molecule has 0 bridgehead atoms. The fourth-order valence-corrected chi connectivity index (χ4v) is 4.54. The Balaban J connectivity index is 1.71. The molecule has 3 N–H and O–H groups in total. The minimum Gasteiger partial charge on any atom is -0.330 e. The van der Waals surface area contributed by atoms with Gasteiger partial charge in [-0.1, -0.05) is 43.2 Å². The molecule has 0 radical (unpaired) electrons. The molecule has 1 saturated carbocycles. The maximum atomic E-state index is 12.6. The van der Waals surface area contributed by atoms with Crippen LogP contribution in [0, 0.1) is 5.92 Å². The summed E-state index contributed by atoms with van der Waals surface area (Å²) in [6, 6.07) is 9.75. The van der Waals surface area contributed by atoms with Crippen LogP contribution < -0.4 is 10.5 Å². The van der Waals surface area contributed by atoms with Crippen molar-refractivity contribution >= 4 is 10.0 Å². The molecule has 0 unspecified atom stereocenters. The van der Waals surface area contributed by atoms with Gasteiger partial charge in [0, 0.05) is 12.2 Å². The number of nitrogens with two attached hydrogens (primary N) is 1. The van der Waals surface area contributed by atoms with Gasteiger partial charge in [-0.3, -0.25) is 4.68 Å². The first-order chi connectivity index (χ1) is 11.6. The predicted molar refractivity (Wildman–Crippen MR) is 92.9 cm³/mol. The molecule has 0 aliphatic heterocycles. The minimum atomic E-state index is -3.56. The molecule has 2 aromatic rings. The van der Waals surface area contributed by atoms with Crippen molar-refractivity contribution in [1.29, 1.82) is 0 Å². The van der Waals surface area contributed by atoms with E-state index in [-0.39, 0.29) is 16.9 Å². The third kappa shape index (κ3) is 4.03. The van der Waals surface area contributed by atoms with Crippen molar-refractivity contribution in [3.05, 3.63) is 48.3 Å². The van der Waals surface area contributed by atoms with Crippen LogP contribution in [0.25, 0.3) is 0 Å². The molecule has 1 aromatic carbocycles. The van der Waals surface area contributed by atoms with E-state index in [2.05, 4.69) is 9.82 Å². The summed E-state index contributed by atoms with van der Waals surface area (Å²) in [7, 11) is -3.56. The van der Waals surface area contributed by atoms with Crippen LogP contribution in [0.5, 0.6) is 0 Å². The molecule has 7 heteroatoms. The third-order valence-electron chi connectivity index (χ3n) is 4.63. The van der Waals surface area contributed by atoms with E-state index in [0.717, 1.165) is 31.2 Å². The number of hydrogen-bond donors (Lipinski definition) is 2. The fourth-order valence-electron chi connectivity index (χ4n) is 3.25. The average molecular weight is 348 g/mol. The first kappa shape index (κ1) is 17.1. The maximum Gasteiger partial charge on any atom is 0.243 e. The van der Waals surface area contributed by atoms with Gasteiger partial charge >= 0.3 is 0 Å². The molecule has 24 heavy (non-hydrogen) atoms. The van der Waals surface area contributed by atoms with Crippen LogP contribution in [0.1, 0.15) is 31.2 Å². The van der Waals surface area contributed by atoms with E-state index in [1.54, 1.807) is 10.9 Å². The van der Waals surface area contributed by atoms with Gasteiger partial charge in [-0.15, -0.1) is 0 Å². The molecule has 0 spiro atoms. The number of benzene rings is 1. The highest BCUT2D eigenvalue weighted by Gasteiger charge is 2.29. The summed E-state index contributed by atoms with van der Waals surface area (Å²) in [5.41, 5.74) is 6.87. The zero-order chi connectivity index (χ0) is 17.0. The van der Waals surface area contributed by atoms with Gasteiger partial charge in [-0.2, -0.15) is 5.10 Å². The molecule has 1 heterocycles. The standard InChI is InChI=1S/C17H24N4O2S/c18-10-15-8-4-5-9-17(15)20-24(22,23)16-11-19-21(13-16)12-14-6-2-1-3-7-14/h1-3,6-7,11,13,15,17,20H,4-5,8-10,12,18H2/t15-,17+/m1/s1. The molecule has 1 aliphatic rings. The van der Waals surface area contributed by atoms with Gasteiger partial charge in [-0.05, 0) is 30.9 Å².